The number of anilines is 1. The number of amides is 2. The number of carboxylic acid groups (broad SMARTS) is 1. The number of benzene rings is 1. The minimum absolute atomic E-state index is 0.0544. The van der Waals surface area contributed by atoms with E-state index in [1.807, 2.05) is 0 Å². The molecule has 0 bridgehead atoms. The summed E-state index contributed by atoms with van der Waals surface area (Å²) in [4.78, 5) is 22.5. The molecule has 1 saturated heterocycles. The summed E-state index contributed by atoms with van der Waals surface area (Å²) in [7, 11) is 0. The Balaban J connectivity index is 1.85. The van der Waals surface area contributed by atoms with Gasteiger partial charge in [0.1, 0.15) is 0 Å². The molecule has 0 spiro atoms. The fourth-order valence-electron chi connectivity index (χ4n) is 1.78. The topological polar surface area (TPSA) is 96.9 Å². The molecule has 1 heterocycles. The maximum absolute atomic E-state index is 11.7. The van der Waals surface area contributed by atoms with Gasteiger partial charge >= 0.3 is 12.0 Å². The first kappa shape index (κ1) is 15.6. The lowest BCUT2D eigenvalue weighted by molar-refractivity contribution is -0.0852. The third kappa shape index (κ3) is 4.59. The van der Waals surface area contributed by atoms with E-state index in [9.17, 15) is 9.59 Å². The lowest BCUT2D eigenvalue weighted by atomic mass is 10.2. The second-order valence-electron chi connectivity index (χ2n) is 4.40. The van der Waals surface area contributed by atoms with Crippen LogP contribution in [0.25, 0.3) is 0 Å². The predicted molar refractivity (Wildman–Crippen MR) is 76.0 cm³/mol. The van der Waals surface area contributed by atoms with Crippen molar-refractivity contribution in [3.63, 3.8) is 0 Å². The number of hydrogen-bond acceptors (Lipinski definition) is 4. The van der Waals surface area contributed by atoms with Crippen molar-refractivity contribution in [3.8, 4) is 0 Å². The van der Waals surface area contributed by atoms with E-state index in [2.05, 4.69) is 10.6 Å². The minimum Gasteiger partial charge on any atom is -0.478 e. The Labute approximate surface area is 126 Å². The molecule has 1 unspecified atom stereocenters. The Morgan fingerprint density at radius 2 is 2.19 bits per heavy atom. The number of hydrogen-bond donors (Lipinski definition) is 3. The second kappa shape index (κ2) is 7.26. The van der Waals surface area contributed by atoms with E-state index in [1.165, 1.54) is 18.2 Å². The van der Waals surface area contributed by atoms with Crippen LogP contribution in [0.1, 0.15) is 10.4 Å². The number of carboxylic acids is 1. The van der Waals surface area contributed by atoms with Gasteiger partial charge in [0, 0.05) is 6.54 Å². The van der Waals surface area contributed by atoms with Gasteiger partial charge in [0.05, 0.1) is 42.2 Å². The zero-order valence-corrected chi connectivity index (χ0v) is 11.9. The van der Waals surface area contributed by atoms with Gasteiger partial charge in [0.2, 0.25) is 0 Å². The van der Waals surface area contributed by atoms with Gasteiger partial charge in [0.15, 0.2) is 0 Å². The Morgan fingerprint density at radius 3 is 2.81 bits per heavy atom. The molecular formula is C13H15ClN2O5. The van der Waals surface area contributed by atoms with Crippen LogP contribution in [-0.2, 0) is 9.47 Å². The molecule has 21 heavy (non-hydrogen) atoms. The van der Waals surface area contributed by atoms with E-state index >= 15 is 0 Å². The fourth-order valence-corrected chi connectivity index (χ4v) is 2.00. The van der Waals surface area contributed by atoms with Crippen LogP contribution in [0.5, 0.6) is 0 Å². The van der Waals surface area contributed by atoms with Crippen molar-refractivity contribution in [2.45, 2.75) is 6.10 Å². The van der Waals surface area contributed by atoms with Crippen LogP contribution in [0.4, 0.5) is 10.5 Å². The lowest BCUT2D eigenvalue weighted by Crippen LogP contribution is -2.41. The second-order valence-corrected chi connectivity index (χ2v) is 4.81. The lowest BCUT2D eigenvalue weighted by Gasteiger charge is -2.23. The summed E-state index contributed by atoms with van der Waals surface area (Å²) >= 11 is 5.92. The number of nitrogens with one attached hydrogen (secondary N) is 2. The summed E-state index contributed by atoms with van der Waals surface area (Å²) in [5.41, 5.74) is 0.388. The molecule has 0 radical (unpaired) electrons. The molecule has 1 aliphatic heterocycles. The van der Waals surface area contributed by atoms with E-state index in [0.29, 0.717) is 32.1 Å². The van der Waals surface area contributed by atoms with Gasteiger partial charge in [-0.1, -0.05) is 11.6 Å². The Hall–Kier alpha value is -1.83. The van der Waals surface area contributed by atoms with Crippen molar-refractivity contribution < 1.29 is 24.2 Å². The van der Waals surface area contributed by atoms with Gasteiger partial charge < -0.3 is 25.2 Å². The molecule has 1 fully saturated rings. The molecule has 1 atom stereocenters. The van der Waals surface area contributed by atoms with Gasteiger partial charge in [-0.25, -0.2) is 9.59 Å². The molecule has 114 valence electrons. The molecular weight excluding hydrogens is 300 g/mol. The van der Waals surface area contributed by atoms with Gasteiger partial charge in [-0.3, -0.25) is 0 Å². The number of urea groups is 1. The average molecular weight is 315 g/mol. The normalized spacial score (nSPS) is 18.0. The minimum atomic E-state index is -1.08. The van der Waals surface area contributed by atoms with E-state index in [0.717, 1.165) is 0 Å². The SMILES string of the molecule is O=C(NCC1COCCO1)Nc1ccc(C(=O)O)cc1Cl. The third-order valence-electron chi connectivity index (χ3n) is 2.84. The van der Waals surface area contributed by atoms with Gasteiger partial charge in [-0.2, -0.15) is 0 Å². The van der Waals surface area contributed by atoms with Gasteiger partial charge in [-0.05, 0) is 18.2 Å². The maximum atomic E-state index is 11.7. The van der Waals surface area contributed by atoms with Crippen molar-refractivity contribution >= 4 is 29.3 Å². The summed E-state index contributed by atoms with van der Waals surface area (Å²) in [5, 5.41) is 14.2. The summed E-state index contributed by atoms with van der Waals surface area (Å²) in [6.07, 6.45) is -0.172. The van der Waals surface area contributed by atoms with Crippen LogP contribution in [0.2, 0.25) is 5.02 Å². The molecule has 2 amide bonds. The number of rotatable bonds is 4. The number of carbonyl (C=O) groups is 2. The van der Waals surface area contributed by atoms with Crippen LogP contribution in [0.3, 0.4) is 0 Å². The zero-order valence-electron chi connectivity index (χ0n) is 11.1. The first-order valence-electron chi connectivity index (χ1n) is 6.33. The summed E-state index contributed by atoms with van der Waals surface area (Å²) in [6, 6.07) is 3.62. The highest BCUT2D eigenvalue weighted by Crippen LogP contribution is 2.22. The highest BCUT2D eigenvalue weighted by molar-refractivity contribution is 6.34. The molecule has 1 aliphatic rings. The van der Waals surface area contributed by atoms with Crippen LogP contribution >= 0.6 is 11.6 Å². The number of carbonyl (C=O) groups excluding carboxylic acids is 1. The van der Waals surface area contributed by atoms with Crippen LogP contribution < -0.4 is 10.6 Å². The van der Waals surface area contributed by atoms with E-state index in [1.54, 1.807) is 0 Å². The van der Waals surface area contributed by atoms with Crippen molar-refractivity contribution in [3.05, 3.63) is 28.8 Å². The molecule has 1 aromatic rings. The van der Waals surface area contributed by atoms with Gasteiger partial charge in [0.25, 0.3) is 0 Å². The molecule has 1 aromatic carbocycles. The highest BCUT2D eigenvalue weighted by atomic mass is 35.5. The standard InChI is InChI=1S/C13H15ClN2O5/c14-10-5-8(12(17)18)1-2-11(10)16-13(19)15-6-9-7-20-3-4-21-9/h1-2,5,9H,3-4,6-7H2,(H,17,18)(H2,15,16,19). The average Bonchev–Trinajstić information content (AvgIpc) is 2.48. The van der Waals surface area contributed by atoms with Crippen molar-refractivity contribution in [2.75, 3.05) is 31.7 Å². The maximum Gasteiger partial charge on any atom is 0.335 e. The van der Waals surface area contributed by atoms with Crippen LogP contribution in [-0.4, -0.2) is 49.6 Å². The third-order valence-corrected chi connectivity index (χ3v) is 3.15. The van der Waals surface area contributed by atoms with E-state index in [4.69, 9.17) is 26.2 Å². The molecule has 3 N–H and O–H groups in total. The molecule has 0 aromatic heterocycles. The Morgan fingerprint density at radius 1 is 1.38 bits per heavy atom. The Kier molecular flexibility index (Phi) is 5.38. The first-order valence-corrected chi connectivity index (χ1v) is 6.71. The molecule has 8 heteroatoms. The van der Waals surface area contributed by atoms with E-state index in [-0.39, 0.29) is 16.7 Å². The molecule has 0 aliphatic carbocycles. The highest BCUT2D eigenvalue weighted by Gasteiger charge is 2.15. The quantitative estimate of drug-likeness (QED) is 0.784. The smallest absolute Gasteiger partial charge is 0.335 e. The molecule has 2 rings (SSSR count). The summed E-state index contributed by atoms with van der Waals surface area (Å²) in [5.74, 6) is -1.08. The number of aromatic carboxylic acids is 1. The van der Waals surface area contributed by atoms with Crippen molar-refractivity contribution in [1.29, 1.82) is 0 Å². The van der Waals surface area contributed by atoms with Crippen molar-refractivity contribution in [1.82, 2.24) is 5.32 Å². The van der Waals surface area contributed by atoms with Crippen molar-refractivity contribution in [2.24, 2.45) is 0 Å². The molecule has 0 saturated carbocycles. The van der Waals surface area contributed by atoms with Crippen LogP contribution in [0, 0.1) is 0 Å². The van der Waals surface area contributed by atoms with E-state index < -0.39 is 12.0 Å². The summed E-state index contributed by atoms with van der Waals surface area (Å²) in [6.45, 7) is 1.83. The zero-order chi connectivity index (χ0) is 15.2. The van der Waals surface area contributed by atoms with Gasteiger partial charge in [-0.15, -0.1) is 0 Å². The first-order chi connectivity index (χ1) is 10.1. The summed E-state index contributed by atoms with van der Waals surface area (Å²) < 4.78 is 10.6. The predicted octanol–water partition coefficient (Wildman–Crippen LogP) is 1.58. The number of halogens is 1. The number of ether oxygens (including phenoxy) is 2. The molecule has 7 nitrogen and oxygen atoms in total. The largest absolute Gasteiger partial charge is 0.478 e. The fraction of sp³-hybridized carbons (Fsp3) is 0.385. The monoisotopic (exact) mass is 314 g/mol. The van der Waals surface area contributed by atoms with Crippen LogP contribution in [0.15, 0.2) is 18.2 Å². The Bertz CT molecular complexity index is 531.